The van der Waals surface area contributed by atoms with E-state index < -0.39 is 0 Å². The molecule has 10 heavy (non-hydrogen) atoms. The van der Waals surface area contributed by atoms with Gasteiger partial charge in [0, 0.05) is 6.61 Å². The Morgan fingerprint density at radius 1 is 1.40 bits per heavy atom. The first-order valence-corrected chi connectivity index (χ1v) is 4.19. The van der Waals surface area contributed by atoms with E-state index in [-0.39, 0.29) is 0 Å². The highest BCUT2D eigenvalue weighted by Gasteiger charge is 2.52. The van der Waals surface area contributed by atoms with Crippen molar-refractivity contribution >= 4 is 0 Å². The standard InChI is InChI=1S/C8H15NO/c10-6-7-5-8(7)1-3-9-4-2-8/h7,9-10H,1-6H2. The normalized spacial score (nSPS) is 36.3. The Hall–Kier alpha value is -0.0800. The van der Waals surface area contributed by atoms with E-state index in [2.05, 4.69) is 5.32 Å². The van der Waals surface area contributed by atoms with Crippen molar-refractivity contribution in [2.24, 2.45) is 11.3 Å². The minimum atomic E-state index is 0.417. The van der Waals surface area contributed by atoms with Crippen molar-refractivity contribution in [3.05, 3.63) is 0 Å². The molecule has 1 spiro atoms. The number of piperidine rings is 1. The maximum absolute atomic E-state index is 8.90. The van der Waals surface area contributed by atoms with E-state index >= 15 is 0 Å². The Balaban J connectivity index is 1.92. The third-order valence-electron chi connectivity index (χ3n) is 3.18. The molecule has 2 nitrogen and oxygen atoms in total. The van der Waals surface area contributed by atoms with Crippen LogP contribution in [-0.4, -0.2) is 24.8 Å². The molecule has 1 saturated heterocycles. The summed E-state index contributed by atoms with van der Waals surface area (Å²) >= 11 is 0. The van der Waals surface area contributed by atoms with Gasteiger partial charge in [0.2, 0.25) is 0 Å². The summed E-state index contributed by atoms with van der Waals surface area (Å²) in [6.07, 6.45) is 3.86. The quantitative estimate of drug-likeness (QED) is 0.553. The third-order valence-corrected chi connectivity index (χ3v) is 3.18. The molecule has 2 rings (SSSR count). The largest absolute Gasteiger partial charge is 0.396 e. The summed E-state index contributed by atoms with van der Waals surface area (Å²) in [6, 6.07) is 0. The Morgan fingerprint density at radius 2 is 2.10 bits per heavy atom. The average molecular weight is 141 g/mol. The summed E-state index contributed by atoms with van der Waals surface area (Å²) in [6.45, 7) is 2.74. The SMILES string of the molecule is OCC1CC12CCNCC2. The van der Waals surface area contributed by atoms with E-state index in [0.29, 0.717) is 17.9 Å². The molecule has 0 aromatic heterocycles. The van der Waals surface area contributed by atoms with Gasteiger partial charge in [-0.05, 0) is 43.7 Å². The van der Waals surface area contributed by atoms with Crippen LogP contribution in [0.5, 0.6) is 0 Å². The van der Waals surface area contributed by atoms with Gasteiger partial charge in [-0.1, -0.05) is 0 Å². The van der Waals surface area contributed by atoms with Crippen LogP contribution in [0.3, 0.4) is 0 Å². The topological polar surface area (TPSA) is 32.3 Å². The summed E-state index contributed by atoms with van der Waals surface area (Å²) < 4.78 is 0. The second kappa shape index (κ2) is 2.21. The molecule has 0 bridgehead atoms. The second-order valence-corrected chi connectivity index (χ2v) is 3.70. The summed E-state index contributed by atoms with van der Waals surface area (Å²) in [4.78, 5) is 0. The van der Waals surface area contributed by atoms with Crippen LogP contribution in [-0.2, 0) is 0 Å². The first-order valence-electron chi connectivity index (χ1n) is 4.19. The second-order valence-electron chi connectivity index (χ2n) is 3.70. The van der Waals surface area contributed by atoms with E-state index in [1.54, 1.807) is 0 Å². The molecule has 1 aliphatic carbocycles. The van der Waals surface area contributed by atoms with Crippen LogP contribution >= 0.6 is 0 Å². The zero-order chi connectivity index (χ0) is 7.03. The van der Waals surface area contributed by atoms with Crippen molar-refractivity contribution in [2.75, 3.05) is 19.7 Å². The molecular formula is C8H15NO. The number of rotatable bonds is 1. The molecule has 58 valence electrons. The van der Waals surface area contributed by atoms with E-state index in [4.69, 9.17) is 5.11 Å². The summed E-state index contributed by atoms with van der Waals surface area (Å²) in [7, 11) is 0. The highest BCUT2D eigenvalue weighted by molar-refractivity contribution is 5.03. The van der Waals surface area contributed by atoms with Gasteiger partial charge in [-0.15, -0.1) is 0 Å². The lowest BCUT2D eigenvalue weighted by molar-refractivity contribution is 0.227. The van der Waals surface area contributed by atoms with Crippen molar-refractivity contribution in [1.29, 1.82) is 0 Å². The van der Waals surface area contributed by atoms with Crippen molar-refractivity contribution in [2.45, 2.75) is 19.3 Å². The predicted molar refractivity (Wildman–Crippen MR) is 39.7 cm³/mol. The van der Waals surface area contributed by atoms with Gasteiger partial charge >= 0.3 is 0 Å². The van der Waals surface area contributed by atoms with E-state index in [9.17, 15) is 0 Å². The van der Waals surface area contributed by atoms with Gasteiger partial charge in [0.1, 0.15) is 0 Å². The number of aliphatic hydroxyl groups is 1. The smallest absolute Gasteiger partial charge is 0.0464 e. The van der Waals surface area contributed by atoms with Crippen molar-refractivity contribution in [1.82, 2.24) is 5.32 Å². The molecule has 0 radical (unpaired) electrons. The molecule has 1 atom stereocenters. The minimum Gasteiger partial charge on any atom is -0.396 e. The number of hydrogen-bond donors (Lipinski definition) is 2. The van der Waals surface area contributed by atoms with Gasteiger partial charge in [0.25, 0.3) is 0 Å². The molecule has 0 aromatic rings. The fourth-order valence-electron chi connectivity index (χ4n) is 2.23. The summed E-state index contributed by atoms with van der Waals surface area (Å²) in [5.74, 6) is 0.648. The van der Waals surface area contributed by atoms with Crippen LogP contribution < -0.4 is 5.32 Å². The van der Waals surface area contributed by atoms with E-state index in [1.807, 2.05) is 0 Å². The maximum Gasteiger partial charge on any atom is 0.0464 e. The first-order chi connectivity index (χ1) is 4.87. The summed E-state index contributed by atoms with van der Waals surface area (Å²) in [5, 5.41) is 12.2. The van der Waals surface area contributed by atoms with Gasteiger partial charge in [-0.2, -0.15) is 0 Å². The molecule has 1 unspecified atom stereocenters. The van der Waals surface area contributed by atoms with E-state index in [0.717, 1.165) is 13.1 Å². The van der Waals surface area contributed by atoms with Gasteiger partial charge in [-0.3, -0.25) is 0 Å². The predicted octanol–water partition coefficient (Wildman–Crippen LogP) is 0.368. The molecule has 1 heterocycles. The molecule has 2 aliphatic rings. The molecule has 0 aromatic carbocycles. The molecule has 2 N–H and O–H groups in total. The van der Waals surface area contributed by atoms with Crippen LogP contribution in [0.4, 0.5) is 0 Å². The fraction of sp³-hybridized carbons (Fsp3) is 1.00. The van der Waals surface area contributed by atoms with Crippen molar-refractivity contribution in [3.8, 4) is 0 Å². The average Bonchev–Trinajstić information content (AvgIpc) is 2.65. The van der Waals surface area contributed by atoms with Crippen LogP contribution in [0, 0.1) is 11.3 Å². The fourth-order valence-corrected chi connectivity index (χ4v) is 2.23. The van der Waals surface area contributed by atoms with Gasteiger partial charge in [0.05, 0.1) is 0 Å². The molecule has 0 amide bonds. The first kappa shape index (κ1) is 6.62. The van der Waals surface area contributed by atoms with Crippen LogP contribution in [0.2, 0.25) is 0 Å². The summed E-state index contributed by atoms with van der Waals surface area (Å²) in [5.41, 5.74) is 0.583. The lowest BCUT2D eigenvalue weighted by Crippen LogP contribution is -2.30. The Labute approximate surface area is 61.6 Å². The highest BCUT2D eigenvalue weighted by atomic mass is 16.3. The van der Waals surface area contributed by atoms with Gasteiger partial charge in [-0.25, -0.2) is 0 Å². The molecule has 2 heteroatoms. The van der Waals surface area contributed by atoms with E-state index in [1.165, 1.54) is 19.3 Å². The Morgan fingerprint density at radius 3 is 2.60 bits per heavy atom. The van der Waals surface area contributed by atoms with Crippen molar-refractivity contribution in [3.63, 3.8) is 0 Å². The Bertz CT molecular complexity index is 129. The Kier molecular flexibility index (Phi) is 1.46. The molecular weight excluding hydrogens is 126 g/mol. The molecule has 1 aliphatic heterocycles. The van der Waals surface area contributed by atoms with Crippen molar-refractivity contribution < 1.29 is 5.11 Å². The lowest BCUT2D eigenvalue weighted by Gasteiger charge is -2.22. The number of nitrogens with one attached hydrogen (secondary N) is 1. The number of hydrogen-bond acceptors (Lipinski definition) is 2. The maximum atomic E-state index is 8.90. The number of aliphatic hydroxyl groups excluding tert-OH is 1. The molecule has 2 fully saturated rings. The monoisotopic (exact) mass is 141 g/mol. The van der Waals surface area contributed by atoms with Crippen LogP contribution in [0.25, 0.3) is 0 Å². The van der Waals surface area contributed by atoms with Gasteiger partial charge in [0.15, 0.2) is 0 Å². The molecule has 1 saturated carbocycles. The van der Waals surface area contributed by atoms with Crippen LogP contribution in [0.15, 0.2) is 0 Å². The zero-order valence-corrected chi connectivity index (χ0v) is 6.27. The zero-order valence-electron chi connectivity index (χ0n) is 6.27. The van der Waals surface area contributed by atoms with Gasteiger partial charge < -0.3 is 10.4 Å². The van der Waals surface area contributed by atoms with Crippen LogP contribution in [0.1, 0.15) is 19.3 Å². The highest BCUT2D eigenvalue weighted by Crippen LogP contribution is 2.57. The minimum absolute atomic E-state index is 0.417. The third kappa shape index (κ3) is 0.867. The lowest BCUT2D eigenvalue weighted by atomic mass is 9.92.